The number of amides is 1. The summed E-state index contributed by atoms with van der Waals surface area (Å²) in [4.78, 5) is 25.5. The molecule has 1 saturated heterocycles. The Bertz CT molecular complexity index is 1570. The molecule has 24 heavy (non-hydrogen) atoms. The highest BCUT2D eigenvalue weighted by molar-refractivity contribution is 6.01. The van der Waals surface area contributed by atoms with Gasteiger partial charge in [0.05, 0.1) is 9.60 Å². The van der Waals surface area contributed by atoms with Crippen LogP contribution in [0.4, 0.5) is 0 Å². The minimum atomic E-state index is -4.63. The highest BCUT2D eigenvalue weighted by Crippen LogP contribution is 2.28. The van der Waals surface area contributed by atoms with E-state index < -0.39 is 114 Å². The van der Waals surface area contributed by atoms with Crippen LogP contribution in [0.25, 0.3) is 11.1 Å². The van der Waals surface area contributed by atoms with Gasteiger partial charge in [0, 0.05) is 40.9 Å². The Morgan fingerprint density at radius 3 is 3.12 bits per heavy atom. The number of aldehydes is 1. The lowest BCUT2D eigenvalue weighted by Crippen LogP contribution is -2.43. The van der Waals surface area contributed by atoms with Crippen molar-refractivity contribution in [1.82, 2.24) is 4.90 Å². The number of carbonyl (C=O) groups excluding carboxylic acids is 2. The van der Waals surface area contributed by atoms with Crippen LogP contribution in [0.5, 0.6) is 0 Å². The summed E-state index contributed by atoms with van der Waals surface area (Å²) in [7, 11) is 0. The molecular weight excluding hydrogens is 298 g/mol. The molecule has 0 bridgehead atoms. The third kappa shape index (κ3) is 3.56. The number of rotatable bonds is 5. The first-order valence-electron chi connectivity index (χ1n) is 16.6. The van der Waals surface area contributed by atoms with E-state index in [9.17, 15) is 9.59 Å². The Morgan fingerprint density at radius 1 is 1.38 bits per heavy atom. The molecular formula is C21H23NO2. The molecule has 1 atom stereocenters. The molecule has 0 saturated carbocycles. The number of hydrogen-bond donors (Lipinski definition) is 0. The summed E-state index contributed by atoms with van der Waals surface area (Å²) in [5, 5.41) is 0. The van der Waals surface area contributed by atoms with Crippen LogP contribution >= 0.6 is 0 Å². The molecule has 3 heteroatoms. The molecule has 2 aromatic carbocycles. The van der Waals surface area contributed by atoms with Crippen molar-refractivity contribution < 1.29 is 37.0 Å². The van der Waals surface area contributed by atoms with E-state index in [0.29, 0.717) is 0 Å². The standard InChI is InChI=1S/C21H23NO2/c23-16-8-12-18-11-6-7-15-22(18)21(24)20-14-5-4-13-19(20)17-9-2-1-3-10-17/h1-5,9-10,13-14,16,18H,6-8,11-12,15H2/i2D,4D,5D,6D2,7D2,8D2,9D,11D2,12D2,13D,14D,15D2,16D,18D. The largest absolute Gasteiger partial charge is 0.336 e. The predicted molar refractivity (Wildman–Crippen MR) is 95.9 cm³/mol. The van der Waals surface area contributed by atoms with E-state index in [-0.39, 0.29) is 0 Å². The van der Waals surface area contributed by atoms with Gasteiger partial charge in [0.15, 0.2) is 0 Å². The van der Waals surface area contributed by atoms with Crippen LogP contribution < -0.4 is 0 Å². The number of likely N-dealkylation sites (tertiary alicyclic amines) is 1. The predicted octanol–water partition coefficient (Wildman–Crippen LogP) is 4.33. The number of nitrogens with zero attached hydrogens (tertiary/aromatic N) is 1. The summed E-state index contributed by atoms with van der Waals surface area (Å²) >= 11 is 0. The summed E-state index contributed by atoms with van der Waals surface area (Å²) in [5.41, 5.74) is -2.88. The van der Waals surface area contributed by atoms with Crippen molar-refractivity contribution in [1.29, 1.82) is 0 Å². The molecule has 0 radical (unpaired) electrons. The van der Waals surface area contributed by atoms with Gasteiger partial charge in [0.2, 0.25) is 0 Å². The Kier molecular flexibility index (Phi) is 1.59. The van der Waals surface area contributed by atoms with E-state index >= 15 is 0 Å². The second-order valence-corrected chi connectivity index (χ2v) is 4.29. The maximum atomic E-state index is 14.4. The van der Waals surface area contributed by atoms with Crippen LogP contribution in [0.3, 0.4) is 0 Å². The Balaban J connectivity index is 2.66. The van der Waals surface area contributed by atoms with Crippen LogP contribution in [0.2, 0.25) is 0 Å². The van der Waals surface area contributed by atoms with Crippen molar-refractivity contribution in [3.63, 3.8) is 0 Å². The van der Waals surface area contributed by atoms with E-state index in [1.165, 1.54) is 0 Å². The van der Waals surface area contributed by atoms with Crippen LogP contribution in [-0.4, -0.2) is 29.6 Å². The van der Waals surface area contributed by atoms with Gasteiger partial charge in [0.25, 0.3) is 5.91 Å². The van der Waals surface area contributed by atoms with Crippen molar-refractivity contribution in [3.8, 4) is 11.1 Å². The number of hydrogen-bond acceptors (Lipinski definition) is 2. The quantitative estimate of drug-likeness (QED) is 0.759. The Hall–Kier alpha value is -2.42. The fourth-order valence-corrected chi connectivity index (χ4v) is 1.90. The van der Waals surface area contributed by atoms with Gasteiger partial charge in [-0.05, 0) is 42.7 Å². The average Bonchev–Trinajstić information content (AvgIpc) is 2.89. The van der Waals surface area contributed by atoms with E-state index in [2.05, 4.69) is 0 Å². The molecule has 1 amide bonds. The topological polar surface area (TPSA) is 37.4 Å². The molecule has 0 spiro atoms. The zero-order valence-electron chi connectivity index (χ0n) is 32.0. The number of benzene rings is 2. The fourth-order valence-electron chi connectivity index (χ4n) is 1.90. The summed E-state index contributed by atoms with van der Waals surface area (Å²) in [6, 6.07) is -7.29. The molecule has 0 N–H and O–H groups in total. The molecule has 2 aromatic rings. The van der Waals surface area contributed by atoms with Crippen molar-refractivity contribution in [2.75, 3.05) is 6.50 Å². The van der Waals surface area contributed by atoms with Gasteiger partial charge in [-0.2, -0.15) is 0 Å². The van der Waals surface area contributed by atoms with Crippen LogP contribution in [-0.2, 0) is 4.79 Å². The molecule has 3 nitrogen and oxygen atoms in total. The zero-order chi connectivity index (χ0) is 34.5. The van der Waals surface area contributed by atoms with Crippen LogP contribution in [0.1, 0.15) is 69.6 Å². The molecule has 0 aliphatic carbocycles. The summed E-state index contributed by atoms with van der Waals surface area (Å²) in [6.07, 6.45) is -24.2. The minimum absolute atomic E-state index is 0.532. The Morgan fingerprint density at radius 2 is 2.25 bits per heavy atom. The van der Waals surface area contributed by atoms with Crippen LogP contribution in [0.15, 0.2) is 54.5 Å². The SMILES string of the molecule is [2H]C(=O)C([2H])([2H])C([2H])([2H])C1([2H])N(C(=O)c2c([2H])c([2H])c([2H])c([2H])c2-c2cccc([2H])c2[2H])C([2H])([2H])C([2H])([2H])C([2H])([2H])C1([2H])[2H]. The van der Waals surface area contributed by atoms with Crippen molar-refractivity contribution in [2.24, 2.45) is 0 Å². The minimum Gasteiger partial charge on any atom is -0.336 e. The lowest BCUT2D eigenvalue weighted by Gasteiger charge is -2.36. The van der Waals surface area contributed by atoms with Crippen molar-refractivity contribution >= 4 is 12.2 Å². The summed E-state index contributed by atoms with van der Waals surface area (Å²) < 4.78 is 165. The van der Waals surface area contributed by atoms with Gasteiger partial charge in [-0.15, -0.1) is 0 Å². The lowest BCUT2D eigenvalue weighted by atomic mass is 9.94. The van der Waals surface area contributed by atoms with Gasteiger partial charge in [-0.1, -0.05) is 48.4 Å². The molecule has 0 aromatic heterocycles. The second kappa shape index (κ2) is 7.91. The normalized spacial score (nSPS) is 42.2. The lowest BCUT2D eigenvalue weighted by molar-refractivity contribution is -0.108. The highest BCUT2D eigenvalue weighted by Gasteiger charge is 2.28. The third-order valence-corrected chi connectivity index (χ3v) is 2.89. The number of piperidine rings is 1. The van der Waals surface area contributed by atoms with Gasteiger partial charge in [0.1, 0.15) is 7.63 Å². The van der Waals surface area contributed by atoms with E-state index in [1.807, 2.05) is 0 Å². The summed E-state index contributed by atoms with van der Waals surface area (Å²) in [6.45, 7) is -4.34. The smallest absolute Gasteiger partial charge is 0.254 e. The average molecular weight is 342 g/mol. The molecule has 1 aliphatic rings. The maximum absolute atomic E-state index is 14.4. The Labute approximate surface area is 171 Å². The summed E-state index contributed by atoms with van der Waals surface area (Å²) in [5.74, 6) is -2.28. The first-order chi connectivity index (χ1) is 19.5. The first kappa shape index (κ1) is 4.81. The van der Waals surface area contributed by atoms with Crippen molar-refractivity contribution in [2.45, 2.75) is 37.9 Å². The van der Waals surface area contributed by atoms with Gasteiger partial charge in [-0.25, -0.2) is 0 Å². The monoisotopic (exact) mass is 341 g/mol. The van der Waals surface area contributed by atoms with E-state index in [0.717, 1.165) is 18.2 Å². The number of carbonyl (C=O) groups is 2. The highest BCUT2D eigenvalue weighted by atomic mass is 16.2. The van der Waals surface area contributed by atoms with Gasteiger partial charge >= 0.3 is 0 Å². The second-order valence-electron chi connectivity index (χ2n) is 4.29. The maximum Gasteiger partial charge on any atom is 0.254 e. The third-order valence-electron chi connectivity index (χ3n) is 2.89. The van der Waals surface area contributed by atoms with Crippen molar-refractivity contribution in [3.05, 3.63) is 60.0 Å². The molecule has 124 valence electrons. The van der Waals surface area contributed by atoms with E-state index in [4.69, 9.17) is 27.4 Å². The van der Waals surface area contributed by atoms with Gasteiger partial charge < -0.3 is 9.69 Å². The first-order valence-corrected chi connectivity index (χ1v) is 6.57. The zero-order valence-corrected chi connectivity index (χ0v) is 12.0. The van der Waals surface area contributed by atoms with Crippen LogP contribution in [0, 0.1) is 0 Å². The fraction of sp³-hybridized carbons (Fsp3) is 0.333. The molecule has 1 aliphatic heterocycles. The molecule has 3 rings (SSSR count). The van der Waals surface area contributed by atoms with Gasteiger partial charge in [-0.3, -0.25) is 4.79 Å². The molecule has 1 heterocycles. The van der Waals surface area contributed by atoms with E-state index in [1.54, 1.807) is 0 Å². The molecule has 1 unspecified atom stereocenters. The molecule has 1 fully saturated rings.